The van der Waals surface area contributed by atoms with Gasteiger partial charge >= 0.3 is 5.97 Å². The van der Waals surface area contributed by atoms with E-state index in [-0.39, 0.29) is 28.3 Å². The summed E-state index contributed by atoms with van der Waals surface area (Å²) in [4.78, 5) is 11.3. The molecule has 3 aromatic rings. The molecule has 8 nitrogen and oxygen atoms in total. The molecule has 194 valence electrons. The van der Waals surface area contributed by atoms with Gasteiger partial charge in [-0.1, -0.05) is 47.5 Å². The smallest absolute Gasteiger partial charge is 0.335 e. The summed E-state index contributed by atoms with van der Waals surface area (Å²) >= 11 is 11.8. The van der Waals surface area contributed by atoms with E-state index in [0.717, 1.165) is 0 Å². The molecule has 0 aromatic heterocycles. The maximum absolute atomic E-state index is 13.5. The van der Waals surface area contributed by atoms with E-state index in [1.807, 2.05) is 0 Å². The van der Waals surface area contributed by atoms with Gasteiger partial charge in [0.05, 0.1) is 15.4 Å². The van der Waals surface area contributed by atoms with Gasteiger partial charge in [0, 0.05) is 28.7 Å². The Hall–Kier alpha value is -2.73. The van der Waals surface area contributed by atoms with E-state index in [4.69, 9.17) is 23.2 Å². The van der Waals surface area contributed by atoms with Gasteiger partial charge in [-0.2, -0.15) is 4.31 Å². The summed E-state index contributed by atoms with van der Waals surface area (Å²) in [5.41, 5.74) is 0.654. The van der Waals surface area contributed by atoms with Crippen molar-refractivity contribution in [2.75, 3.05) is 6.54 Å². The fraction of sp³-hybridized carbons (Fsp3) is 0.160. The number of benzene rings is 3. The van der Waals surface area contributed by atoms with Gasteiger partial charge in [-0.25, -0.2) is 26.4 Å². The fourth-order valence-corrected chi connectivity index (χ4v) is 7.15. The van der Waals surface area contributed by atoms with Gasteiger partial charge in [-0.05, 0) is 72.6 Å². The molecule has 0 amide bonds. The lowest BCUT2D eigenvalue weighted by molar-refractivity contribution is 0.0697. The topological polar surface area (TPSA) is 121 Å². The van der Waals surface area contributed by atoms with E-state index in [1.54, 1.807) is 24.3 Å². The number of sulfonamides is 2. The third kappa shape index (κ3) is 6.40. The molecule has 1 heterocycles. The maximum atomic E-state index is 13.5. The predicted octanol–water partition coefficient (Wildman–Crippen LogP) is 4.52. The Kier molecular flexibility index (Phi) is 8.08. The van der Waals surface area contributed by atoms with Crippen molar-refractivity contribution in [2.24, 2.45) is 0 Å². The van der Waals surface area contributed by atoms with Crippen LogP contribution in [0.15, 0.2) is 88.7 Å². The van der Waals surface area contributed by atoms with E-state index in [0.29, 0.717) is 15.6 Å². The number of hydrogen-bond donors (Lipinski definition) is 2. The highest BCUT2D eigenvalue weighted by Crippen LogP contribution is 2.29. The second-order valence-electron chi connectivity index (χ2n) is 8.39. The van der Waals surface area contributed by atoms with E-state index < -0.39 is 38.1 Å². The molecule has 0 bridgehead atoms. The second-order valence-corrected chi connectivity index (χ2v) is 12.9. The molecule has 1 fully saturated rings. The minimum atomic E-state index is -4.01. The Morgan fingerprint density at radius 3 is 2.11 bits per heavy atom. The van der Waals surface area contributed by atoms with Gasteiger partial charge in [0.2, 0.25) is 20.0 Å². The number of hydrogen-bond acceptors (Lipinski definition) is 5. The van der Waals surface area contributed by atoms with Crippen molar-refractivity contribution in [3.63, 3.8) is 0 Å². The summed E-state index contributed by atoms with van der Waals surface area (Å²) in [7, 11) is -7.95. The summed E-state index contributed by atoms with van der Waals surface area (Å²) in [6.45, 7) is -0.109. The highest BCUT2D eigenvalue weighted by atomic mass is 35.5. The minimum absolute atomic E-state index is 0.00786. The highest BCUT2D eigenvalue weighted by molar-refractivity contribution is 7.89. The standard InChI is InChI=1S/C25H22Cl2N2O6S2/c26-19-5-10-23(11-6-19)36(32,33)28-21-15-22(9-4-17-2-1-3-18(14-17)25(30)31)29(16-21)37(34,35)24-12-7-20(27)8-13-24/h1-14,21-22,28H,15-16H2,(H,30,31)/b9-4-/t21-,22-/m1/s1. The van der Waals surface area contributed by atoms with Crippen LogP contribution in [0.25, 0.3) is 6.08 Å². The lowest BCUT2D eigenvalue weighted by Gasteiger charge is -2.22. The Balaban J connectivity index is 1.64. The molecular formula is C25H22Cl2N2O6S2. The molecule has 0 saturated carbocycles. The number of carbonyl (C=O) groups is 1. The van der Waals surface area contributed by atoms with Crippen molar-refractivity contribution >= 4 is 55.3 Å². The molecule has 37 heavy (non-hydrogen) atoms. The zero-order chi connectivity index (χ0) is 26.8. The molecule has 0 aliphatic carbocycles. The first-order valence-corrected chi connectivity index (χ1v) is 14.7. The van der Waals surface area contributed by atoms with Crippen molar-refractivity contribution in [1.82, 2.24) is 9.03 Å². The summed E-state index contributed by atoms with van der Waals surface area (Å²) in [6.07, 6.45) is 3.41. The molecule has 2 atom stereocenters. The largest absolute Gasteiger partial charge is 0.478 e. The first kappa shape index (κ1) is 27.3. The van der Waals surface area contributed by atoms with E-state index in [9.17, 15) is 26.7 Å². The molecule has 1 aliphatic rings. The summed E-state index contributed by atoms with van der Waals surface area (Å²) < 4.78 is 56.7. The Bertz CT molecular complexity index is 1540. The maximum Gasteiger partial charge on any atom is 0.335 e. The normalized spacial score (nSPS) is 18.9. The van der Waals surface area contributed by atoms with Crippen molar-refractivity contribution in [2.45, 2.75) is 28.3 Å². The van der Waals surface area contributed by atoms with Crippen LogP contribution in [0, 0.1) is 0 Å². The van der Waals surface area contributed by atoms with Gasteiger partial charge in [0.15, 0.2) is 0 Å². The van der Waals surface area contributed by atoms with Crippen LogP contribution in [-0.4, -0.2) is 50.8 Å². The molecule has 0 unspecified atom stereocenters. The van der Waals surface area contributed by atoms with E-state index in [1.165, 1.54) is 65.0 Å². The quantitative estimate of drug-likeness (QED) is 0.404. The average molecular weight is 581 g/mol. The number of rotatable bonds is 8. The lowest BCUT2D eigenvalue weighted by atomic mass is 10.1. The van der Waals surface area contributed by atoms with Crippen LogP contribution >= 0.6 is 23.2 Å². The van der Waals surface area contributed by atoms with E-state index >= 15 is 0 Å². The molecule has 12 heteroatoms. The number of carboxylic acids is 1. The number of aromatic carboxylic acids is 1. The zero-order valence-corrected chi connectivity index (χ0v) is 22.3. The van der Waals surface area contributed by atoms with Crippen LogP contribution in [0.2, 0.25) is 10.0 Å². The Morgan fingerprint density at radius 1 is 0.919 bits per heavy atom. The molecule has 4 rings (SSSR count). The Morgan fingerprint density at radius 2 is 1.51 bits per heavy atom. The van der Waals surface area contributed by atoms with Crippen molar-refractivity contribution in [3.05, 3.63) is 100 Å². The third-order valence-corrected chi connectivity index (χ3v) is 9.75. The highest BCUT2D eigenvalue weighted by Gasteiger charge is 2.40. The van der Waals surface area contributed by atoms with Crippen molar-refractivity contribution in [1.29, 1.82) is 0 Å². The first-order valence-electron chi connectivity index (χ1n) is 11.0. The number of nitrogens with zero attached hydrogens (tertiary/aromatic N) is 1. The lowest BCUT2D eigenvalue weighted by Crippen LogP contribution is -2.39. The van der Waals surface area contributed by atoms with E-state index in [2.05, 4.69) is 4.72 Å². The number of carboxylic acid groups (broad SMARTS) is 1. The Labute approximate surface area is 225 Å². The molecular weight excluding hydrogens is 559 g/mol. The number of halogens is 2. The summed E-state index contributed by atoms with van der Waals surface area (Å²) in [5, 5.41) is 10.0. The van der Waals surface area contributed by atoms with Gasteiger partial charge in [0.25, 0.3) is 0 Å². The van der Waals surface area contributed by atoms with Crippen molar-refractivity contribution < 1.29 is 26.7 Å². The minimum Gasteiger partial charge on any atom is -0.478 e. The SMILES string of the molecule is O=C(O)c1cccc(/C=C\[C@@H]2C[C@@H](NS(=O)(=O)c3ccc(Cl)cc3)CN2S(=O)(=O)c2ccc(Cl)cc2)c1. The average Bonchev–Trinajstić information content (AvgIpc) is 3.26. The van der Waals surface area contributed by atoms with Gasteiger partial charge in [-0.15, -0.1) is 0 Å². The van der Waals surface area contributed by atoms with Crippen LogP contribution in [0.3, 0.4) is 0 Å². The number of nitrogens with one attached hydrogen (secondary N) is 1. The molecule has 0 spiro atoms. The van der Waals surface area contributed by atoms with Gasteiger partial charge in [-0.3, -0.25) is 0 Å². The van der Waals surface area contributed by atoms with Gasteiger partial charge < -0.3 is 5.11 Å². The first-order chi connectivity index (χ1) is 17.5. The van der Waals surface area contributed by atoms with Crippen molar-refractivity contribution in [3.8, 4) is 0 Å². The van der Waals surface area contributed by atoms with Crippen LogP contribution in [0.1, 0.15) is 22.3 Å². The zero-order valence-electron chi connectivity index (χ0n) is 19.2. The molecule has 3 aromatic carbocycles. The molecule has 0 radical (unpaired) electrons. The van der Waals surface area contributed by atoms with Crippen LogP contribution in [0.4, 0.5) is 0 Å². The summed E-state index contributed by atoms with van der Waals surface area (Å²) in [5.74, 6) is -1.08. The van der Waals surface area contributed by atoms with Crippen LogP contribution in [-0.2, 0) is 20.0 Å². The predicted molar refractivity (Wildman–Crippen MR) is 142 cm³/mol. The summed E-state index contributed by atoms with van der Waals surface area (Å²) in [6, 6.07) is 16.1. The van der Waals surface area contributed by atoms with Crippen LogP contribution in [0.5, 0.6) is 0 Å². The molecule has 2 N–H and O–H groups in total. The molecule has 1 saturated heterocycles. The fourth-order valence-electron chi connectivity index (χ4n) is 4.01. The van der Waals surface area contributed by atoms with Gasteiger partial charge in [0.1, 0.15) is 0 Å². The monoisotopic (exact) mass is 580 g/mol. The second kappa shape index (κ2) is 10.9. The van der Waals surface area contributed by atoms with Crippen LogP contribution < -0.4 is 4.72 Å². The third-order valence-electron chi connectivity index (χ3n) is 5.81. The molecule has 1 aliphatic heterocycles.